The molecule has 1 unspecified atom stereocenters. The molecule has 17 heavy (non-hydrogen) atoms. The third-order valence-corrected chi connectivity index (χ3v) is 3.16. The summed E-state index contributed by atoms with van der Waals surface area (Å²) < 4.78 is 2.03. The van der Waals surface area contributed by atoms with Crippen molar-refractivity contribution in [2.24, 2.45) is 0 Å². The largest absolute Gasteiger partial charge is 0.315 e. The van der Waals surface area contributed by atoms with Crippen LogP contribution in [0.1, 0.15) is 58.7 Å². The van der Waals surface area contributed by atoms with Crippen LogP contribution in [0.15, 0.2) is 6.20 Å². The quantitative estimate of drug-likeness (QED) is 0.844. The fraction of sp³-hybridized carbons (Fsp3) is 0.769. The molecule has 3 nitrogen and oxygen atoms in total. The second-order valence-electron chi connectivity index (χ2n) is 5.21. The SMILES string of the molecule is CC(C)NCCC(C)c1c(Cl)cnn1C(C)C. The van der Waals surface area contributed by atoms with Crippen LogP contribution in [0.4, 0.5) is 0 Å². The van der Waals surface area contributed by atoms with E-state index in [0.717, 1.165) is 23.7 Å². The molecule has 1 heterocycles. The van der Waals surface area contributed by atoms with Crippen molar-refractivity contribution in [3.8, 4) is 0 Å². The van der Waals surface area contributed by atoms with Crippen molar-refractivity contribution in [1.29, 1.82) is 0 Å². The van der Waals surface area contributed by atoms with Gasteiger partial charge in [0.25, 0.3) is 0 Å². The maximum atomic E-state index is 6.22. The molecule has 0 aromatic carbocycles. The number of nitrogens with one attached hydrogen (secondary N) is 1. The van der Waals surface area contributed by atoms with Crippen molar-refractivity contribution in [2.45, 2.75) is 59.0 Å². The van der Waals surface area contributed by atoms with Crippen LogP contribution in [0, 0.1) is 0 Å². The number of rotatable bonds is 6. The van der Waals surface area contributed by atoms with Gasteiger partial charge in [-0.2, -0.15) is 5.10 Å². The van der Waals surface area contributed by atoms with Gasteiger partial charge in [-0.1, -0.05) is 32.4 Å². The average molecular weight is 258 g/mol. The van der Waals surface area contributed by atoms with E-state index in [9.17, 15) is 0 Å². The lowest BCUT2D eigenvalue weighted by Crippen LogP contribution is -2.25. The first-order chi connectivity index (χ1) is 7.93. The molecule has 0 aliphatic rings. The summed E-state index contributed by atoms with van der Waals surface area (Å²) in [7, 11) is 0. The molecule has 1 rings (SSSR count). The van der Waals surface area contributed by atoms with Gasteiger partial charge < -0.3 is 5.32 Å². The average Bonchev–Trinajstić information content (AvgIpc) is 2.59. The first-order valence-electron chi connectivity index (χ1n) is 6.39. The van der Waals surface area contributed by atoms with Gasteiger partial charge >= 0.3 is 0 Å². The van der Waals surface area contributed by atoms with E-state index in [0.29, 0.717) is 18.0 Å². The van der Waals surface area contributed by atoms with E-state index >= 15 is 0 Å². The molecule has 0 aliphatic heterocycles. The van der Waals surface area contributed by atoms with Crippen LogP contribution in [-0.4, -0.2) is 22.4 Å². The molecule has 0 amide bonds. The molecule has 1 aromatic rings. The van der Waals surface area contributed by atoms with Crippen molar-refractivity contribution in [2.75, 3.05) is 6.54 Å². The van der Waals surface area contributed by atoms with Crippen molar-refractivity contribution in [3.63, 3.8) is 0 Å². The van der Waals surface area contributed by atoms with Crippen molar-refractivity contribution in [1.82, 2.24) is 15.1 Å². The molecule has 0 aliphatic carbocycles. The number of halogens is 1. The minimum atomic E-state index is 0.359. The van der Waals surface area contributed by atoms with E-state index in [-0.39, 0.29) is 0 Å². The summed E-state index contributed by atoms with van der Waals surface area (Å²) in [5.74, 6) is 0.429. The van der Waals surface area contributed by atoms with Crippen LogP contribution in [0.2, 0.25) is 5.02 Å². The molecule has 1 aromatic heterocycles. The lowest BCUT2D eigenvalue weighted by Gasteiger charge is -2.18. The van der Waals surface area contributed by atoms with Crippen LogP contribution >= 0.6 is 11.6 Å². The maximum Gasteiger partial charge on any atom is 0.0820 e. The van der Waals surface area contributed by atoms with E-state index in [1.807, 2.05) is 4.68 Å². The first kappa shape index (κ1) is 14.5. The minimum absolute atomic E-state index is 0.359. The van der Waals surface area contributed by atoms with Crippen LogP contribution in [0.3, 0.4) is 0 Å². The van der Waals surface area contributed by atoms with Gasteiger partial charge in [-0.3, -0.25) is 4.68 Å². The molecule has 0 radical (unpaired) electrons. The van der Waals surface area contributed by atoms with Gasteiger partial charge in [-0.05, 0) is 26.8 Å². The second-order valence-corrected chi connectivity index (χ2v) is 5.62. The van der Waals surface area contributed by atoms with E-state index in [1.165, 1.54) is 0 Å². The maximum absolute atomic E-state index is 6.22. The Labute approximate surface area is 110 Å². The highest BCUT2D eigenvalue weighted by Crippen LogP contribution is 2.28. The third kappa shape index (κ3) is 4.00. The lowest BCUT2D eigenvalue weighted by molar-refractivity contribution is 0.470. The summed E-state index contributed by atoms with van der Waals surface area (Å²) >= 11 is 6.22. The van der Waals surface area contributed by atoms with E-state index in [1.54, 1.807) is 6.20 Å². The van der Waals surface area contributed by atoms with Gasteiger partial charge in [0.1, 0.15) is 0 Å². The molecule has 98 valence electrons. The van der Waals surface area contributed by atoms with Gasteiger partial charge in [0.2, 0.25) is 0 Å². The highest BCUT2D eigenvalue weighted by atomic mass is 35.5. The highest BCUT2D eigenvalue weighted by Gasteiger charge is 2.17. The lowest BCUT2D eigenvalue weighted by atomic mass is 10.0. The summed E-state index contributed by atoms with van der Waals surface area (Å²) in [6.45, 7) is 11.8. The summed E-state index contributed by atoms with van der Waals surface area (Å²) in [4.78, 5) is 0. The fourth-order valence-corrected chi connectivity index (χ4v) is 2.27. The van der Waals surface area contributed by atoms with Gasteiger partial charge in [0.05, 0.1) is 16.9 Å². The Kier molecular flexibility index (Phi) is 5.47. The van der Waals surface area contributed by atoms with E-state index in [4.69, 9.17) is 11.6 Å². The number of nitrogens with zero attached hydrogens (tertiary/aromatic N) is 2. The van der Waals surface area contributed by atoms with Gasteiger partial charge in [-0.15, -0.1) is 0 Å². The van der Waals surface area contributed by atoms with Crippen molar-refractivity contribution < 1.29 is 0 Å². The smallest absolute Gasteiger partial charge is 0.0820 e. The topological polar surface area (TPSA) is 29.9 Å². The Morgan fingerprint density at radius 2 is 1.94 bits per heavy atom. The summed E-state index contributed by atoms with van der Waals surface area (Å²) in [6.07, 6.45) is 2.83. The molecular weight excluding hydrogens is 234 g/mol. The zero-order chi connectivity index (χ0) is 13.0. The summed E-state index contributed by atoms with van der Waals surface area (Å²) in [6, 6.07) is 0.894. The molecule has 0 spiro atoms. The zero-order valence-electron chi connectivity index (χ0n) is 11.5. The third-order valence-electron chi connectivity index (χ3n) is 2.87. The normalized spacial score (nSPS) is 13.6. The zero-order valence-corrected chi connectivity index (χ0v) is 12.3. The van der Waals surface area contributed by atoms with Crippen molar-refractivity contribution in [3.05, 3.63) is 16.9 Å². The molecular formula is C13H24ClN3. The Bertz CT molecular complexity index is 344. The molecule has 1 N–H and O–H groups in total. The Morgan fingerprint density at radius 1 is 1.29 bits per heavy atom. The number of hydrogen-bond donors (Lipinski definition) is 1. The van der Waals surface area contributed by atoms with Gasteiger partial charge in [0.15, 0.2) is 0 Å². The molecule has 0 fully saturated rings. The van der Waals surface area contributed by atoms with E-state index < -0.39 is 0 Å². The Hall–Kier alpha value is -0.540. The fourth-order valence-electron chi connectivity index (χ4n) is 1.95. The van der Waals surface area contributed by atoms with Crippen molar-refractivity contribution >= 4 is 11.6 Å². The Balaban J connectivity index is 2.67. The Morgan fingerprint density at radius 3 is 2.47 bits per heavy atom. The first-order valence-corrected chi connectivity index (χ1v) is 6.77. The summed E-state index contributed by atoms with van der Waals surface area (Å²) in [5.41, 5.74) is 1.16. The van der Waals surface area contributed by atoms with E-state index in [2.05, 4.69) is 45.0 Å². The molecule has 1 atom stereocenters. The van der Waals surface area contributed by atoms with Gasteiger partial charge in [0, 0.05) is 18.0 Å². The predicted octanol–water partition coefficient (Wildman–Crippen LogP) is 3.61. The number of aromatic nitrogens is 2. The minimum Gasteiger partial charge on any atom is -0.315 e. The highest BCUT2D eigenvalue weighted by molar-refractivity contribution is 6.31. The van der Waals surface area contributed by atoms with Crippen LogP contribution < -0.4 is 5.32 Å². The van der Waals surface area contributed by atoms with Crippen LogP contribution in [0.25, 0.3) is 0 Å². The molecule has 0 saturated heterocycles. The standard InChI is InChI=1S/C13H24ClN3/c1-9(2)15-7-6-11(5)13-12(14)8-16-17(13)10(3)4/h8-11,15H,6-7H2,1-5H3. The summed E-state index contributed by atoms with van der Waals surface area (Å²) in [5, 5.41) is 8.57. The monoisotopic (exact) mass is 257 g/mol. The van der Waals surface area contributed by atoms with Gasteiger partial charge in [-0.25, -0.2) is 0 Å². The molecule has 0 saturated carbocycles. The second kappa shape index (κ2) is 6.41. The van der Waals surface area contributed by atoms with Crippen LogP contribution in [0.5, 0.6) is 0 Å². The predicted molar refractivity (Wildman–Crippen MR) is 73.8 cm³/mol. The molecule has 0 bridgehead atoms. The molecule has 4 heteroatoms. The number of hydrogen-bond acceptors (Lipinski definition) is 2. The van der Waals surface area contributed by atoms with Crippen LogP contribution in [-0.2, 0) is 0 Å².